The molecule has 17 heavy (non-hydrogen) atoms. The van der Waals surface area contributed by atoms with Crippen LogP contribution in [0.25, 0.3) is 0 Å². The first kappa shape index (κ1) is 14.1. The molecule has 1 heterocycles. The van der Waals surface area contributed by atoms with Crippen molar-refractivity contribution in [2.24, 2.45) is 0 Å². The third-order valence-corrected chi connectivity index (χ3v) is 2.36. The van der Waals surface area contributed by atoms with Crippen LogP contribution in [-0.2, 0) is 4.74 Å². The summed E-state index contributed by atoms with van der Waals surface area (Å²) < 4.78 is 18.2. The van der Waals surface area contributed by atoms with Crippen LogP contribution in [0.4, 0.5) is 10.2 Å². The van der Waals surface area contributed by atoms with Crippen molar-refractivity contribution >= 4 is 17.4 Å². The van der Waals surface area contributed by atoms with Gasteiger partial charge in [0.15, 0.2) is 11.6 Å². The Kier molecular flexibility index (Phi) is 6.10. The molecule has 0 aliphatic rings. The van der Waals surface area contributed by atoms with Gasteiger partial charge in [0.1, 0.15) is 0 Å². The quantitative estimate of drug-likeness (QED) is 0.750. The maximum Gasteiger partial charge on any atom is 0.224 e. The Labute approximate surface area is 105 Å². The summed E-state index contributed by atoms with van der Waals surface area (Å²) in [6.07, 6.45) is 1.05. The van der Waals surface area contributed by atoms with Crippen LogP contribution in [0, 0.1) is 5.82 Å². The molecule has 5 nitrogen and oxygen atoms in total. The van der Waals surface area contributed by atoms with E-state index in [1.54, 1.807) is 7.11 Å². The largest absolute Gasteiger partial charge is 0.383 e. The Morgan fingerprint density at radius 1 is 1.53 bits per heavy atom. The lowest BCUT2D eigenvalue weighted by atomic mass is 10.5. The summed E-state index contributed by atoms with van der Waals surface area (Å²) in [4.78, 5) is 9.36. The van der Waals surface area contributed by atoms with E-state index >= 15 is 0 Å². The zero-order chi connectivity index (χ0) is 12.7. The van der Waals surface area contributed by atoms with Crippen LogP contribution in [0.15, 0.2) is 6.20 Å². The topological polar surface area (TPSA) is 50.3 Å². The normalized spacial score (nSPS) is 10.9. The number of hydrogen-bond acceptors (Lipinski definition) is 5. The molecule has 0 aromatic carbocycles. The highest BCUT2D eigenvalue weighted by Crippen LogP contribution is 2.11. The van der Waals surface area contributed by atoms with Crippen LogP contribution in [-0.4, -0.2) is 55.3 Å². The van der Waals surface area contributed by atoms with E-state index in [0.29, 0.717) is 13.2 Å². The third-order valence-electron chi connectivity index (χ3n) is 2.18. The first-order valence-electron chi connectivity index (χ1n) is 5.23. The Morgan fingerprint density at radius 3 is 3.00 bits per heavy atom. The second-order valence-corrected chi connectivity index (χ2v) is 3.90. The summed E-state index contributed by atoms with van der Waals surface area (Å²) in [6, 6.07) is 0. The summed E-state index contributed by atoms with van der Waals surface area (Å²) in [5.41, 5.74) is 0. The lowest BCUT2D eigenvalue weighted by Crippen LogP contribution is -2.28. The minimum Gasteiger partial charge on any atom is -0.383 e. The monoisotopic (exact) mass is 262 g/mol. The van der Waals surface area contributed by atoms with Crippen LogP contribution in [0.5, 0.6) is 0 Å². The van der Waals surface area contributed by atoms with E-state index in [2.05, 4.69) is 20.2 Å². The van der Waals surface area contributed by atoms with Gasteiger partial charge in [-0.2, -0.15) is 4.98 Å². The van der Waals surface area contributed by atoms with Gasteiger partial charge in [0.05, 0.1) is 12.8 Å². The second-order valence-electron chi connectivity index (χ2n) is 3.56. The van der Waals surface area contributed by atoms with E-state index in [1.807, 2.05) is 7.05 Å². The number of rotatable bonds is 7. The van der Waals surface area contributed by atoms with Crippen molar-refractivity contribution in [3.05, 3.63) is 17.3 Å². The predicted molar refractivity (Wildman–Crippen MR) is 64.9 cm³/mol. The number of methoxy groups -OCH3 is 1. The van der Waals surface area contributed by atoms with Gasteiger partial charge in [-0.3, -0.25) is 0 Å². The number of nitrogens with zero attached hydrogens (tertiary/aromatic N) is 3. The molecule has 0 radical (unpaired) electrons. The number of hydrogen-bond donors (Lipinski definition) is 1. The number of ether oxygens (including phenoxy) is 1. The van der Waals surface area contributed by atoms with E-state index in [9.17, 15) is 4.39 Å². The summed E-state index contributed by atoms with van der Waals surface area (Å²) in [5, 5.41) is 2.90. The van der Waals surface area contributed by atoms with Crippen molar-refractivity contribution in [3.8, 4) is 0 Å². The molecule has 96 valence electrons. The average Bonchev–Trinajstić information content (AvgIpc) is 2.31. The number of likely N-dealkylation sites (N-methyl/N-ethyl adjacent to an activating group) is 1. The van der Waals surface area contributed by atoms with Crippen LogP contribution in [0.1, 0.15) is 0 Å². The Balaban J connectivity index is 2.32. The lowest BCUT2D eigenvalue weighted by molar-refractivity contribution is 0.163. The first-order chi connectivity index (χ1) is 8.13. The molecule has 0 amide bonds. The van der Waals surface area contributed by atoms with Crippen molar-refractivity contribution in [1.82, 2.24) is 14.9 Å². The predicted octanol–water partition coefficient (Wildman–Crippen LogP) is 1.26. The molecule has 1 aromatic rings. The van der Waals surface area contributed by atoms with Gasteiger partial charge in [-0.25, -0.2) is 9.37 Å². The maximum atomic E-state index is 13.2. The molecule has 0 aliphatic carbocycles. The van der Waals surface area contributed by atoms with Crippen molar-refractivity contribution in [3.63, 3.8) is 0 Å². The van der Waals surface area contributed by atoms with Gasteiger partial charge in [-0.1, -0.05) is 0 Å². The Bertz CT molecular complexity index is 353. The molecule has 0 spiro atoms. The van der Waals surface area contributed by atoms with E-state index < -0.39 is 5.82 Å². The van der Waals surface area contributed by atoms with Gasteiger partial charge in [0.2, 0.25) is 5.28 Å². The Hall–Kier alpha value is -0.980. The highest BCUT2D eigenvalue weighted by molar-refractivity contribution is 6.28. The molecule has 0 atom stereocenters. The SMILES string of the molecule is COCCN(C)CCNc1nc(Cl)ncc1F. The molecule has 1 N–H and O–H groups in total. The van der Waals surface area contributed by atoms with Crippen molar-refractivity contribution in [1.29, 1.82) is 0 Å². The summed E-state index contributed by atoms with van der Waals surface area (Å²) in [5.74, 6) is -0.376. The molecular formula is C10H16ClFN4O. The van der Waals surface area contributed by atoms with Gasteiger partial charge in [-0.15, -0.1) is 0 Å². The van der Waals surface area contributed by atoms with Gasteiger partial charge in [0, 0.05) is 26.7 Å². The van der Waals surface area contributed by atoms with Crippen LogP contribution in [0.2, 0.25) is 5.28 Å². The molecule has 1 rings (SSSR count). The van der Waals surface area contributed by atoms with Gasteiger partial charge >= 0.3 is 0 Å². The first-order valence-corrected chi connectivity index (χ1v) is 5.60. The zero-order valence-electron chi connectivity index (χ0n) is 9.91. The number of halogens is 2. The van der Waals surface area contributed by atoms with Gasteiger partial charge in [0.25, 0.3) is 0 Å². The molecule has 0 saturated heterocycles. The molecule has 0 fully saturated rings. The van der Waals surface area contributed by atoms with Crippen LogP contribution in [0.3, 0.4) is 0 Å². The molecular weight excluding hydrogens is 247 g/mol. The zero-order valence-corrected chi connectivity index (χ0v) is 10.7. The number of aromatic nitrogens is 2. The molecule has 1 aromatic heterocycles. The summed E-state index contributed by atoms with van der Waals surface area (Å²) in [7, 11) is 3.62. The number of anilines is 1. The van der Waals surface area contributed by atoms with Crippen LogP contribution < -0.4 is 5.32 Å². The fourth-order valence-electron chi connectivity index (χ4n) is 1.19. The average molecular weight is 263 g/mol. The second kappa shape index (κ2) is 7.37. The fraction of sp³-hybridized carbons (Fsp3) is 0.600. The van der Waals surface area contributed by atoms with Gasteiger partial charge in [-0.05, 0) is 18.6 Å². The van der Waals surface area contributed by atoms with E-state index in [0.717, 1.165) is 19.3 Å². The molecule has 0 aliphatic heterocycles. The molecule has 0 saturated carbocycles. The number of nitrogens with one attached hydrogen (secondary N) is 1. The van der Waals surface area contributed by atoms with Crippen molar-refractivity contribution in [2.45, 2.75) is 0 Å². The van der Waals surface area contributed by atoms with Crippen molar-refractivity contribution in [2.75, 3.05) is 45.7 Å². The smallest absolute Gasteiger partial charge is 0.224 e. The standard InChI is InChI=1S/C10H16ClFN4O/c1-16(5-6-17-2)4-3-13-9-8(12)7-14-10(11)15-9/h7H,3-6H2,1-2H3,(H,13,14,15). The summed E-state index contributed by atoms with van der Waals surface area (Å²) in [6.45, 7) is 2.82. The Morgan fingerprint density at radius 2 is 2.29 bits per heavy atom. The van der Waals surface area contributed by atoms with Gasteiger partial charge < -0.3 is 15.0 Å². The van der Waals surface area contributed by atoms with E-state index in [-0.39, 0.29) is 11.1 Å². The molecule has 7 heteroatoms. The highest BCUT2D eigenvalue weighted by Gasteiger charge is 2.05. The van der Waals surface area contributed by atoms with Crippen LogP contribution >= 0.6 is 11.6 Å². The van der Waals surface area contributed by atoms with Crippen molar-refractivity contribution < 1.29 is 9.13 Å². The maximum absolute atomic E-state index is 13.2. The lowest BCUT2D eigenvalue weighted by Gasteiger charge is -2.16. The van der Waals surface area contributed by atoms with E-state index in [4.69, 9.17) is 16.3 Å². The molecule has 0 unspecified atom stereocenters. The highest BCUT2D eigenvalue weighted by atomic mass is 35.5. The minimum absolute atomic E-state index is 0.0293. The minimum atomic E-state index is -0.506. The van der Waals surface area contributed by atoms with E-state index in [1.165, 1.54) is 0 Å². The third kappa shape index (κ3) is 5.25. The molecule has 0 bridgehead atoms. The summed E-state index contributed by atoms with van der Waals surface area (Å²) >= 11 is 5.57. The fourth-order valence-corrected chi connectivity index (χ4v) is 1.33.